The molecule has 0 bridgehead atoms. The van der Waals surface area contributed by atoms with Gasteiger partial charge in [0.2, 0.25) is 11.8 Å². The lowest BCUT2D eigenvalue weighted by atomic mass is 9.65. The third-order valence-corrected chi connectivity index (χ3v) is 15.8. The zero-order chi connectivity index (χ0) is 48.6. The SMILES string of the molecule is COc1cc2nc(C)nc(N[C@H](C)c3cc(N)cc(C(F)(F)F)c3)c2cc1[C@H]1CC[C@H](C(=O)N2CCN(CC3CCC4(CC3)CCN(C(=O)c3ccc(N5CCC(=O)NC5=O)cc3)CC4)CC2)CC1. The van der Waals surface area contributed by atoms with E-state index in [1.54, 1.807) is 51.3 Å². The molecule has 4 aromatic rings. The number of urea groups is 1. The highest BCUT2D eigenvalue weighted by Crippen LogP contribution is 2.47. The minimum atomic E-state index is -4.53. The molecule has 5 fully saturated rings. The van der Waals surface area contributed by atoms with Gasteiger partial charge in [-0.2, -0.15) is 13.2 Å². The zero-order valence-electron chi connectivity index (χ0n) is 39.9. The van der Waals surface area contributed by atoms with Crippen LogP contribution in [0, 0.1) is 24.2 Å². The highest BCUT2D eigenvalue weighted by Gasteiger charge is 2.40. The predicted octanol–water partition coefficient (Wildman–Crippen LogP) is 8.70. The summed E-state index contributed by atoms with van der Waals surface area (Å²) in [6.07, 6.45) is 5.72. The molecule has 4 N–H and O–H groups in total. The lowest BCUT2D eigenvalue weighted by molar-refractivity contribution is -0.139. The minimum absolute atomic E-state index is 0.0202. The number of hydrogen-bond donors (Lipinski definition) is 3. The van der Waals surface area contributed by atoms with Gasteiger partial charge in [0.25, 0.3) is 5.91 Å². The van der Waals surface area contributed by atoms with Crippen LogP contribution in [0.25, 0.3) is 10.9 Å². The van der Waals surface area contributed by atoms with Crippen molar-refractivity contribution in [2.24, 2.45) is 17.3 Å². The van der Waals surface area contributed by atoms with Crippen LogP contribution < -0.4 is 26.0 Å². The Kier molecular flexibility index (Phi) is 13.8. The fourth-order valence-electron chi connectivity index (χ4n) is 11.6. The summed E-state index contributed by atoms with van der Waals surface area (Å²) >= 11 is 0. The first-order valence-corrected chi connectivity index (χ1v) is 24.7. The molecule has 4 heterocycles. The molecular formula is C52H64F3N9O5. The van der Waals surface area contributed by atoms with Crippen LogP contribution in [-0.2, 0) is 15.8 Å². The van der Waals surface area contributed by atoms with Crippen molar-refractivity contribution >= 4 is 51.8 Å². The van der Waals surface area contributed by atoms with Gasteiger partial charge in [0.15, 0.2) is 0 Å². The smallest absolute Gasteiger partial charge is 0.416 e. The van der Waals surface area contributed by atoms with Crippen molar-refractivity contribution in [3.05, 3.63) is 82.7 Å². The van der Waals surface area contributed by atoms with Gasteiger partial charge >= 0.3 is 12.2 Å². The highest BCUT2D eigenvalue weighted by molar-refractivity contribution is 6.06. The van der Waals surface area contributed by atoms with Crippen LogP contribution in [0.4, 0.5) is 35.2 Å². The molecule has 1 spiro atoms. The van der Waals surface area contributed by atoms with E-state index in [0.29, 0.717) is 51.9 Å². The third-order valence-electron chi connectivity index (χ3n) is 15.8. The van der Waals surface area contributed by atoms with Crippen molar-refractivity contribution in [1.29, 1.82) is 0 Å². The standard InChI is InChI=1S/C52H64F3N9O5/c1-32(38-26-39(52(53,54)55)28-40(56)27-38)57-47-43-29-42(45(69-3)30-44(43)58-33(2)59-47)35-4-6-36(7-5-35)49(67)63-24-22-61(23-25-63)31-34-12-15-51(16-13-34)17-20-62(21-18-51)48(66)37-8-10-41(11-9-37)64-19-14-46(65)60-50(64)68/h8-11,26-30,32,34-36H,4-7,12-25,31,56H2,1-3H3,(H,57,58,59)(H,60,65,68)/t32-,35-,36-/m1/s1. The number of methoxy groups -OCH3 is 1. The number of hydrogen-bond acceptors (Lipinski definition) is 10. The number of halogens is 3. The zero-order valence-corrected chi connectivity index (χ0v) is 39.9. The third kappa shape index (κ3) is 10.6. The fraction of sp³-hybridized carbons (Fsp3) is 0.538. The van der Waals surface area contributed by atoms with Gasteiger partial charge in [0, 0.05) is 93.1 Å². The first kappa shape index (κ1) is 48.1. The van der Waals surface area contributed by atoms with E-state index in [4.69, 9.17) is 10.5 Å². The van der Waals surface area contributed by atoms with E-state index < -0.39 is 23.8 Å². The van der Waals surface area contributed by atoms with Crippen molar-refractivity contribution in [2.75, 3.05) is 75.4 Å². The van der Waals surface area contributed by atoms with Gasteiger partial charge in [-0.1, -0.05) is 0 Å². The number of aryl methyl sites for hydroxylation is 1. The number of aromatic nitrogens is 2. The van der Waals surface area contributed by atoms with Gasteiger partial charge in [-0.3, -0.25) is 29.5 Å². The van der Waals surface area contributed by atoms with E-state index in [2.05, 4.69) is 30.4 Å². The molecule has 17 heteroatoms. The van der Waals surface area contributed by atoms with Gasteiger partial charge in [0.05, 0.1) is 24.2 Å². The maximum Gasteiger partial charge on any atom is 0.416 e. The Labute approximate surface area is 401 Å². The number of piperazine rings is 1. The topological polar surface area (TPSA) is 166 Å². The number of imide groups is 1. The summed E-state index contributed by atoms with van der Waals surface area (Å²) in [7, 11) is 1.64. The molecule has 0 radical (unpaired) electrons. The van der Waals surface area contributed by atoms with Crippen LogP contribution in [0.2, 0.25) is 0 Å². The number of benzene rings is 3. The summed E-state index contributed by atoms with van der Waals surface area (Å²) in [5.74, 6) is 2.51. The number of carbonyl (C=O) groups is 4. The summed E-state index contributed by atoms with van der Waals surface area (Å²) in [5, 5.41) is 6.42. The van der Waals surface area contributed by atoms with Crippen LogP contribution >= 0.6 is 0 Å². The Morgan fingerprint density at radius 3 is 2.22 bits per heavy atom. The number of fused-ring (bicyclic) bond motifs is 1. The first-order chi connectivity index (χ1) is 33.0. The normalized spacial score (nSPS) is 22.1. The molecule has 1 atom stereocenters. The number of nitrogens with one attached hydrogen (secondary N) is 2. The summed E-state index contributed by atoms with van der Waals surface area (Å²) in [4.78, 5) is 68.6. The largest absolute Gasteiger partial charge is 0.496 e. The lowest BCUT2D eigenvalue weighted by Gasteiger charge is -2.47. The van der Waals surface area contributed by atoms with Crippen molar-refractivity contribution < 1.29 is 37.1 Å². The van der Waals surface area contributed by atoms with Gasteiger partial charge in [-0.15, -0.1) is 0 Å². The summed E-state index contributed by atoms with van der Waals surface area (Å²) in [6, 6.07) is 13.7. The van der Waals surface area contributed by atoms with E-state index in [9.17, 15) is 32.3 Å². The van der Waals surface area contributed by atoms with Crippen molar-refractivity contribution in [1.82, 2.24) is 30.0 Å². The van der Waals surface area contributed by atoms with Crippen LogP contribution in [0.3, 0.4) is 0 Å². The molecule has 2 aliphatic carbocycles. The minimum Gasteiger partial charge on any atom is -0.496 e. The Morgan fingerprint density at radius 1 is 0.870 bits per heavy atom. The molecule has 14 nitrogen and oxygen atoms in total. The number of nitrogen functional groups attached to an aromatic ring is 1. The van der Waals surface area contributed by atoms with Gasteiger partial charge in [0.1, 0.15) is 17.4 Å². The van der Waals surface area contributed by atoms with Crippen LogP contribution in [0.1, 0.15) is 122 Å². The highest BCUT2D eigenvalue weighted by atomic mass is 19.4. The molecular weight excluding hydrogens is 888 g/mol. The second kappa shape index (κ2) is 19.8. The molecule has 0 unspecified atom stereocenters. The molecule has 9 rings (SSSR count). The number of ether oxygens (including phenoxy) is 1. The van der Waals surface area contributed by atoms with Gasteiger partial charge < -0.3 is 25.6 Å². The number of likely N-dealkylation sites (tertiary alicyclic amines) is 1. The summed E-state index contributed by atoms with van der Waals surface area (Å²) in [5.41, 5.74) is 8.76. The van der Waals surface area contributed by atoms with E-state index in [1.807, 2.05) is 17.0 Å². The maximum absolute atomic E-state index is 13.9. The number of amides is 5. The van der Waals surface area contributed by atoms with E-state index in [1.165, 1.54) is 30.6 Å². The molecule has 2 saturated carbocycles. The van der Waals surface area contributed by atoms with Crippen molar-refractivity contribution in [3.8, 4) is 5.75 Å². The maximum atomic E-state index is 13.9. The average Bonchev–Trinajstić information content (AvgIpc) is 3.34. The Balaban J connectivity index is 0.727. The molecule has 3 aromatic carbocycles. The number of alkyl halides is 3. The number of anilines is 3. The van der Waals surface area contributed by atoms with Crippen LogP contribution in [0.15, 0.2) is 54.6 Å². The van der Waals surface area contributed by atoms with Crippen LogP contribution in [-0.4, -0.2) is 108 Å². The quantitative estimate of drug-likeness (QED) is 0.131. The Morgan fingerprint density at radius 2 is 1.57 bits per heavy atom. The number of carbonyl (C=O) groups excluding carboxylic acids is 4. The lowest BCUT2D eigenvalue weighted by Crippen LogP contribution is -2.52. The number of piperidine rings is 1. The summed E-state index contributed by atoms with van der Waals surface area (Å²) < 4.78 is 46.8. The van der Waals surface area contributed by atoms with Gasteiger partial charge in [-0.25, -0.2) is 14.8 Å². The Hall–Kier alpha value is -5.97. The first-order valence-electron chi connectivity index (χ1n) is 24.7. The predicted molar refractivity (Wildman–Crippen MR) is 258 cm³/mol. The molecule has 3 aliphatic heterocycles. The second-order valence-electron chi connectivity index (χ2n) is 20.2. The van der Waals surface area contributed by atoms with Crippen molar-refractivity contribution in [2.45, 2.75) is 103 Å². The molecule has 1 aromatic heterocycles. The summed E-state index contributed by atoms with van der Waals surface area (Å²) in [6.45, 7) is 9.70. The van der Waals surface area contributed by atoms with E-state index >= 15 is 0 Å². The van der Waals surface area contributed by atoms with Gasteiger partial charge in [-0.05, 0) is 155 Å². The molecule has 368 valence electrons. The molecule has 69 heavy (non-hydrogen) atoms. The number of nitrogens with zero attached hydrogens (tertiary/aromatic N) is 6. The molecule has 5 aliphatic rings. The number of nitrogens with two attached hydrogens (primary N) is 1. The molecule has 3 saturated heterocycles. The Bertz CT molecular complexity index is 2560. The molecule has 5 amide bonds. The van der Waals surface area contributed by atoms with Crippen LogP contribution in [0.5, 0.6) is 5.75 Å². The number of rotatable bonds is 10. The van der Waals surface area contributed by atoms with E-state index in [-0.39, 0.29) is 41.7 Å². The average molecular weight is 952 g/mol. The monoisotopic (exact) mass is 951 g/mol. The van der Waals surface area contributed by atoms with Crippen molar-refractivity contribution in [3.63, 3.8) is 0 Å². The second-order valence-corrected chi connectivity index (χ2v) is 20.2. The van der Waals surface area contributed by atoms with E-state index in [0.717, 1.165) is 113 Å². The fourth-order valence-corrected chi connectivity index (χ4v) is 11.6.